The Morgan fingerprint density at radius 2 is 1.62 bits per heavy atom. The van der Waals surface area contributed by atoms with E-state index in [2.05, 4.69) is 20.6 Å². The maximum Gasteiger partial charge on any atom is 0.412 e. The number of rotatable bonds is 7. The number of amides is 1. The molecule has 1 heterocycles. The molecule has 2 N–H and O–H groups in total. The minimum absolute atomic E-state index is 0.111. The van der Waals surface area contributed by atoms with Gasteiger partial charge in [0.05, 0.1) is 19.4 Å². The van der Waals surface area contributed by atoms with E-state index in [0.29, 0.717) is 29.7 Å². The summed E-state index contributed by atoms with van der Waals surface area (Å²) in [5.74, 6) is 0.430. The number of hydrogen-bond acceptors (Lipinski definition) is 6. The highest BCUT2D eigenvalue weighted by Gasteiger charge is 2.16. The highest BCUT2D eigenvalue weighted by atomic mass is 35.5. The molecule has 0 aliphatic carbocycles. The highest BCUT2D eigenvalue weighted by Crippen LogP contribution is 2.24. The number of carbonyl (C=O) groups excluding carboxylic acids is 1. The number of carbonyl (C=O) groups is 1. The van der Waals surface area contributed by atoms with Crippen LogP contribution in [0.1, 0.15) is 31.9 Å². The molecule has 0 radical (unpaired) electrons. The quantitative estimate of drug-likeness (QED) is 0.375. The molecule has 3 rings (SSSR count). The third-order valence-electron chi connectivity index (χ3n) is 4.01. The molecule has 1 amide bonds. The molecule has 0 aliphatic heterocycles. The van der Waals surface area contributed by atoms with E-state index in [-0.39, 0.29) is 5.28 Å². The van der Waals surface area contributed by atoms with Gasteiger partial charge in [0, 0.05) is 11.4 Å². The van der Waals surface area contributed by atoms with Crippen molar-refractivity contribution in [1.82, 2.24) is 9.97 Å². The zero-order chi connectivity index (χ0) is 23.1. The van der Waals surface area contributed by atoms with Crippen molar-refractivity contribution in [3.63, 3.8) is 0 Å². The molecule has 0 saturated carbocycles. The van der Waals surface area contributed by atoms with Gasteiger partial charge in [-0.25, -0.2) is 9.78 Å². The lowest BCUT2D eigenvalue weighted by Gasteiger charge is -2.19. The predicted molar refractivity (Wildman–Crippen MR) is 127 cm³/mol. The zero-order valence-corrected chi connectivity index (χ0v) is 19.5. The Morgan fingerprint density at radius 3 is 2.28 bits per heavy atom. The Morgan fingerprint density at radius 1 is 1.00 bits per heavy atom. The molecule has 0 unspecified atom stereocenters. The molecule has 2 aromatic carbocycles. The van der Waals surface area contributed by atoms with Crippen molar-refractivity contribution in [3.05, 3.63) is 76.2 Å². The van der Waals surface area contributed by atoms with Crippen LogP contribution in [0.25, 0.3) is 0 Å². The lowest BCUT2D eigenvalue weighted by atomic mass is 10.2. The summed E-state index contributed by atoms with van der Waals surface area (Å²) in [7, 11) is 0. The van der Waals surface area contributed by atoms with E-state index in [9.17, 15) is 4.79 Å². The highest BCUT2D eigenvalue weighted by molar-refractivity contribution is 6.33. The third kappa shape index (κ3) is 7.67. The summed E-state index contributed by atoms with van der Waals surface area (Å²) in [6.07, 6.45) is 0.947. The predicted octanol–water partition coefficient (Wildman–Crippen LogP) is 6.59. The number of anilines is 3. The molecule has 0 aliphatic rings. The Kier molecular flexibility index (Phi) is 7.90. The van der Waals surface area contributed by atoms with Crippen LogP contribution in [0.3, 0.4) is 0 Å². The topological polar surface area (TPSA) is 85.4 Å². The van der Waals surface area contributed by atoms with Crippen LogP contribution < -0.4 is 10.6 Å². The maximum absolute atomic E-state index is 11.9. The fourth-order valence-corrected chi connectivity index (χ4v) is 3.03. The van der Waals surface area contributed by atoms with Gasteiger partial charge in [0.2, 0.25) is 5.28 Å². The van der Waals surface area contributed by atoms with E-state index < -0.39 is 11.7 Å². The molecule has 32 heavy (non-hydrogen) atoms. The fourth-order valence-electron chi connectivity index (χ4n) is 2.76. The zero-order valence-electron chi connectivity index (χ0n) is 18.0. The van der Waals surface area contributed by atoms with Crippen LogP contribution in [-0.2, 0) is 22.7 Å². The van der Waals surface area contributed by atoms with Crippen molar-refractivity contribution in [2.24, 2.45) is 0 Å². The van der Waals surface area contributed by atoms with E-state index in [0.717, 1.165) is 16.8 Å². The molecule has 0 fully saturated rings. The molecule has 9 heteroatoms. The molecule has 168 valence electrons. The normalized spacial score (nSPS) is 11.2. The number of hydrogen-bond donors (Lipinski definition) is 2. The lowest BCUT2D eigenvalue weighted by Crippen LogP contribution is -2.27. The van der Waals surface area contributed by atoms with Crippen LogP contribution in [-0.4, -0.2) is 21.7 Å². The first-order valence-electron chi connectivity index (χ1n) is 9.89. The molecule has 3 aromatic rings. The van der Waals surface area contributed by atoms with Gasteiger partial charge >= 0.3 is 6.09 Å². The summed E-state index contributed by atoms with van der Waals surface area (Å²) >= 11 is 11.9. The average Bonchev–Trinajstić information content (AvgIpc) is 2.70. The van der Waals surface area contributed by atoms with Crippen LogP contribution in [0, 0.1) is 0 Å². The fraction of sp³-hybridized carbons (Fsp3) is 0.261. The molecule has 1 aromatic heterocycles. The van der Waals surface area contributed by atoms with Crippen molar-refractivity contribution in [1.29, 1.82) is 0 Å². The summed E-state index contributed by atoms with van der Waals surface area (Å²) in [5.41, 5.74) is 2.78. The Balaban J connectivity index is 1.55. The van der Waals surface area contributed by atoms with Gasteiger partial charge < -0.3 is 14.8 Å². The van der Waals surface area contributed by atoms with Gasteiger partial charge in [0.25, 0.3) is 0 Å². The first kappa shape index (κ1) is 23.8. The Labute approximate surface area is 197 Å². The lowest BCUT2D eigenvalue weighted by molar-refractivity contribution is 0.0636. The van der Waals surface area contributed by atoms with Crippen LogP contribution in [0.5, 0.6) is 0 Å². The summed E-state index contributed by atoms with van der Waals surface area (Å²) in [5, 5.41) is 6.34. The van der Waals surface area contributed by atoms with Gasteiger partial charge in [-0.1, -0.05) is 35.9 Å². The SMILES string of the molecule is CC(C)(C)OC(=O)Nc1cccc(COCc2cccc(Nc3nc(Cl)ncc3Cl)c2)c1. The largest absolute Gasteiger partial charge is 0.444 e. The van der Waals surface area contributed by atoms with Crippen LogP contribution in [0.2, 0.25) is 10.3 Å². The number of nitrogens with zero attached hydrogens (tertiary/aromatic N) is 2. The number of aromatic nitrogens is 2. The molecule has 0 spiro atoms. The minimum Gasteiger partial charge on any atom is -0.444 e. The smallest absolute Gasteiger partial charge is 0.412 e. The van der Waals surface area contributed by atoms with Crippen molar-refractivity contribution < 1.29 is 14.3 Å². The minimum atomic E-state index is -0.556. The van der Waals surface area contributed by atoms with Crippen molar-refractivity contribution >= 4 is 46.5 Å². The van der Waals surface area contributed by atoms with E-state index in [1.54, 1.807) is 6.07 Å². The van der Waals surface area contributed by atoms with Crippen LogP contribution >= 0.6 is 23.2 Å². The summed E-state index contributed by atoms with van der Waals surface area (Å²) in [4.78, 5) is 19.9. The van der Waals surface area contributed by atoms with Gasteiger partial charge in [-0.3, -0.25) is 5.32 Å². The number of benzene rings is 2. The van der Waals surface area contributed by atoms with Crippen LogP contribution in [0.15, 0.2) is 54.7 Å². The van der Waals surface area contributed by atoms with Gasteiger partial charge in [0.1, 0.15) is 10.6 Å². The molecule has 0 atom stereocenters. The number of nitrogens with one attached hydrogen (secondary N) is 2. The van der Waals surface area contributed by atoms with Gasteiger partial charge in [-0.2, -0.15) is 4.98 Å². The second-order valence-corrected chi connectivity index (χ2v) is 8.73. The second kappa shape index (κ2) is 10.6. The maximum atomic E-state index is 11.9. The number of ether oxygens (including phenoxy) is 2. The van der Waals surface area contributed by atoms with E-state index in [1.807, 2.05) is 63.2 Å². The molecular formula is C23H24Cl2N4O3. The summed E-state index contributed by atoms with van der Waals surface area (Å²) in [6.45, 7) is 6.24. The molecular weight excluding hydrogens is 451 g/mol. The van der Waals surface area contributed by atoms with Crippen molar-refractivity contribution in [2.75, 3.05) is 10.6 Å². The summed E-state index contributed by atoms with van der Waals surface area (Å²) in [6, 6.07) is 15.1. The molecule has 0 saturated heterocycles. The standard InChI is InChI=1S/C23H24Cl2N4O3/c1-23(2,3)32-22(30)28-18-9-5-7-16(11-18)14-31-13-15-6-4-8-17(10-15)27-20-19(24)12-26-21(25)29-20/h4-12H,13-14H2,1-3H3,(H,28,30)(H,26,27,29). The summed E-state index contributed by atoms with van der Waals surface area (Å²) < 4.78 is 11.1. The first-order valence-corrected chi connectivity index (χ1v) is 10.6. The molecule has 7 nitrogen and oxygen atoms in total. The monoisotopic (exact) mass is 474 g/mol. The third-order valence-corrected chi connectivity index (χ3v) is 4.47. The Bertz CT molecular complexity index is 1090. The average molecular weight is 475 g/mol. The molecule has 0 bridgehead atoms. The second-order valence-electron chi connectivity index (χ2n) is 7.98. The first-order chi connectivity index (χ1) is 15.2. The Hall–Kier alpha value is -2.87. The van der Waals surface area contributed by atoms with Crippen molar-refractivity contribution in [2.45, 2.75) is 39.6 Å². The van der Waals surface area contributed by atoms with Gasteiger partial charge in [-0.05, 0) is 67.8 Å². The van der Waals surface area contributed by atoms with Gasteiger partial charge in [-0.15, -0.1) is 0 Å². The van der Waals surface area contributed by atoms with E-state index in [1.165, 1.54) is 6.20 Å². The van der Waals surface area contributed by atoms with E-state index in [4.69, 9.17) is 32.7 Å². The van der Waals surface area contributed by atoms with Crippen LogP contribution in [0.4, 0.5) is 22.0 Å². The van der Waals surface area contributed by atoms with Crippen molar-refractivity contribution in [3.8, 4) is 0 Å². The van der Waals surface area contributed by atoms with Gasteiger partial charge in [0.15, 0.2) is 5.82 Å². The van der Waals surface area contributed by atoms with E-state index >= 15 is 0 Å². The number of halogens is 2.